The zero-order chi connectivity index (χ0) is 14.8. The monoisotopic (exact) mass is 299 g/mol. The Kier molecular flexibility index (Phi) is 3.62. The first-order chi connectivity index (χ1) is 10.2. The number of hydrogen-bond donors (Lipinski definition) is 0. The molecule has 0 saturated carbocycles. The van der Waals surface area contributed by atoms with E-state index in [1.165, 1.54) is 18.9 Å². The summed E-state index contributed by atoms with van der Waals surface area (Å²) in [7, 11) is 1.38. The maximum atomic E-state index is 11.8. The van der Waals surface area contributed by atoms with Gasteiger partial charge in [-0.25, -0.2) is 14.8 Å². The lowest BCUT2D eigenvalue weighted by Crippen LogP contribution is -2.02. The van der Waals surface area contributed by atoms with Gasteiger partial charge in [-0.2, -0.15) is 0 Å². The molecule has 0 N–H and O–H groups in total. The van der Waals surface area contributed by atoms with Gasteiger partial charge in [0.25, 0.3) is 0 Å². The van der Waals surface area contributed by atoms with Crippen LogP contribution < -0.4 is 0 Å². The summed E-state index contributed by atoms with van der Waals surface area (Å²) in [4.78, 5) is 20.5. The summed E-state index contributed by atoms with van der Waals surface area (Å²) >= 11 is 1.49. The number of rotatable bonds is 3. The van der Waals surface area contributed by atoms with Crippen LogP contribution in [-0.4, -0.2) is 33.9 Å². The molecule has 2 aromatic heterocycles. The van der Waals surface area contributed by atoms with E-state index in [9.17, 15) is 4.79 Å². The molecule has 0 spiro atoms. The number of aromatic nitrogens is 3. The fourth-order valence-electron chi connectivity index (χ4n) is 2.22. The lowest BCUT2D eigenvalue weighted by molar-refractivity contribution is 0.0603. The molecule has 3 aromatic rings. The van der Waals surface area contributed by atoms with Gasteiger partial charge >= 0.3 is 5.97 Å². The normalized spacial score (nSPS) is 10.8. The minimum atomic E-state index is -0.342. The third-order valence-corrected chi connectivity index (χ3v) is 3.75. The molecule has 0 bridgehead atoms. The molecule has 0 amide bonds. The van der Waals surface area contributed by atoms with E-state index >= 15 is 0 Å². The first-order valence-electron chi connectivity index (χ1n) is 6.30. The Hall–Kier alpha value is -2.34. The molecule has 6 heteroatoms. The topological polar surface area (TPSA) is 57.0 Å². The summed E-state index contributed by atoms with van der Waals surface area (Å²) < 4.78 is 6.75. The number of benzene rings is 1. The van der Waals surface area contributed by atoms with Crippen LogP contribution in [0.25, 0.3) is 16.7 Å². The van der Waals surface area contributed by atoms with Crippen LogP contribution in [0.2, 0.25) is 0 Å². The van der Waals surface area contributed by atoms with Crippen LogP contribution in [0.3, 0.4) is 0 Å². The second kappa shape index (κ2) is 5.57. The Balaban J connectivity index is 2.18. The van der Waals surface area contributed by atoms with E-state index in [1.807, 2.05) is 41.3 Å². The largest absolute Gasteiger partial charge is 0.465 e. The van der Waals surface area contributed by atoms with Gasteiger partial charge in [-0.15, -0.1) is 0 Å². The highest BCUT2D eigenvalue weighted by Crippen LogP contribution is 2.24. The van der Waals surface area contributed by atoms with Crippen molar-refractivity contribution in [3.05, 3.63) is 48.3 Å². The van der Waals surface area contributed by atoms with Crippen molar-refractivity contribution in [3.8, 4) is 5.82 Å². The Labute approximate surface area is 126 Å². The Morgan fingerprint density at radius 2 is 2.14 bits per heavy atom. The van der Waals surface area contributed by atoms with Crippen molar-refractivity contribution in [2.45, 2.75) is 5.16 Å². The van der Waals surface area contributed by atoms with Gasteiger partial charge in [-0.05, 0) is 30.5 Å². The second-order valence-corrected chi connectivity index (χ2v) is 5.09. The highest BCUT2D eigenvalue weighted by Gasteiger charge is 2.13. The third-order valence-electron chi connectivity index (χ3n) is 3.19. The van der Waals surface area contributed by atoms with Gasteiger partial charge in [-0.3, -0.25) is 0 Å². The maximum absolute atomic E-state index is 11.8. The molecule has 106 valence electrons. The van der Waals surface area contributed by atoms with E-state index in [0.717, 1.165) is 16.7 Å². The number of ether oxygens (including phenoxy) is 1. The van der Waals surface area contributed by atoms with Gasteiger partial charge in [0.2, 0.25) is 0 Å². The number of methoxy groups -OCH3 is 1. The summed E-state index contributed by atoms with van der Waals surface area (Å²) in [6.45, 7) is 0. The van der Waals surface area contributed by atoms with Crippen molar-refractivity contribution in [1.82, 2.24) is 14.5 Å². The van der Waals surface area contributed by atoms with Gasteiger partial charge in [0, 0.05) is 17.8 Å². The smallest absolute Gasteiger partial charge is 0.338 e. The fraction of sp³-hybridized carbons (Fsp3) is 0.133. The van der Waals surface area contributed by atoms with E-state index in [2.05, 4.69) is 9.97 Å². The molecular formula is C15H13N3O2S. The minimum absolute atomic E-state index is 0.342. The Bertz CT molecular complexity index is 814. The van der Waals surface area contributed by atoms with Crippen molar-refractivity contribution in [2.24, 2.45) is 0 Å². The van der Waals surface area contributed by atoms with Gasteiger partial charge in [0.1, 0.15) is 5.82 Å². The molecular weight excluding hydrogens is 286 g/mol. The van der Waals surface area contributed by atoms with Gasteiger partial charge in [0.05, 0.1) is 18.2 Å². The van der Waals surface area contributed by atoms with Crippen LogP contribution in [0.4, 0.5) is 0 Å². The molecule has 0 aliphatic rings. The molecule has 0 aliphatic heterocycles. The average molecular weight is 299 g/mol. The van der Waals surface area contributed by atoms with E-state index in [1.54, 1.807) is 12.3 Å². The van der Waals surface area contributed by atoms with Crippen LogP contribution in [0.15, 0.2) is 47.9 Å². The molecule has 2 heterocycles. The number of carbonyl (C=O) groups is 1. The molecule has 0 radical (unpaired) electrons. The van der Waals surface area contributed by atoms with E-state index in [4.69, 9.17) is 4.74 Å². The molecule has 0 saturated heterocycles. The quantitative estimate of drug-likeness (QED) is 0.423. The average Bonchev–Trinajstić information content (AvgIpc) is 2.98. The minimum Gasteiger partial charge on any atom is -0.465 e. The van der Waals surface area contributed by atoms with Gasteiger partial charge in [0.15, 0.2) is 5.16 Å². The van der Waals surface area contributed by atoms with Gasteiger partial charge < -0.3 is 9.30 Å². The molecule has 21 heavy (non-hydrogen) atoms. The standard InChI is InChI=1S/C15H13N3O2S/c1-20-14(19)11-4-3-5-12-10(11)7-9-18(12)13-6-8-16-15(17-13)21-2/h3-9H,1-2H3. The summed E-state index contributed by atoms with van der Waals surface area (Å²) in [5.74, 6) is 0.428. The lowest BCUT2D eigenvalue weighted by atomic mass is 10.1. The summed E-state index contributed by atoms with van der Waals surface area (Å²) in [5.41, 5.74) is 1.46. The lowest BCUT2D eigenvalue weighted by Gasteiger charge is -2.06. The van der Waals surface area contributed by atoms with E-state index in [-0.39, 0.29) is 5.97 Å². The molecule has 5 nitrogen and oxygen atoms in total. The van der Waals surface area contributed by atoms with Gasteiger partial charge in [-0.1, -0.05) is 17.8 Å². The number of thioether (sulfide) groups is 1. The SMILES string of the molecule is COC(=O)c1cccc2c1ccn2-c1ccnc(SC)n1. The predicted molar refractivity (Wildman–Crippen MR) is 82.0 cm³/mol. The second-order valence-electron chi connectivity index (χ2n) is 4.32. The van der Waals surface area contributed by atoms with E-state index < -0.39 is 0 Å². The van der Waals surface area contributed by atoms with Crippen LogP contribution in [-0.2, 0) is 4.74 Å². The van der Waals surface area contributed by atoms with Crippen molar-refractivity contribution < 1.29 is 9.53 Å². The number of carbonyl (C=O) groups excluding carboxylic acids is 1. The Morgan fingerprint density at radius 3 is 2.90 bits per heavy atom. The highest BCUT2D eigenvalue weighted by atomic mass is 32.2. The van der Waals surface area contributed by atoms with Crippen molar-refractivity contribution in [3.63, 3.8) is 0 Å². The number of nitrogens with zero attached hydrogens (tertiary/aromatic N) is 3. The fourth-order valence-corrected chi connectivity index (χ4v) is 2.57. The molecule has 0 atom stereocenters. The van der Waals surface area contributed by atoms with E-state index in [0.29, 0.717) is 10.7 Å². The van der Waals surface area contributed by atoms with Crippen LogP contribution in [0.5, 0.6) is 0 Å². The molecule has 1 aromatic carbocycles. The third kappa shape index (κ3) is 2.38. The number of hydrogen-bond acceptors (Lipinski definition) is 5. The number of esters is 1. The van der Waals surface area contributed by atoms with Crippen LogP contribution in [0.1, 0.15) is 10.4 Å². The molecule has 0 aliphatic carbocycles. The molecule has 3 rings (SSSR count). The summed E-state index contributed by atoms with van der Waals surface area (Å²) in [5, 5.41) is 1.55. The maximum Gasteiger partial charge on any atom is 0.338 e. The first-order valence-corrected chi connectivity index (χ1v) is 7.53. The zero-order valence-corrected chi connectivity index (χ0v) is 12.4. The van der Waals surface area contributed by atoms with Crippen molar-refractivity contribution >= 4 is 28.6 Å². The summed E-state index contributed by atoms with van der Waals surface area (Å²) in [6, 6.07) is 9.27. The predicted octanol–water partition coefficient (Wildman–Crippen LogP) is 2.93. The van der Waals surface area contributed by atoms with Crippen molar-refractivity contribution in [1.29, 1.82) is 0 Å². The molecule has 0 fully saturated rings. The Morgan fingerprint density at radius 1 is 1.29 bits per heavy atom. The first kappa shape index (κ1) is 13.6. The van der Waals surface area contributed by atoms with Crippen LogP contribution in [0, 0.1) is 0 Å². The van der Waals surface area contributed by atoms with Crippen LogP contribution >= 0.6 is 11.8 Å². The summed E-state index contributed by atoms with van der Waals surface area (Å²) in [6.07, 6.45) is 5.55. The highest BCUT2D eigenvalue weighted by molar-refractivity contribution is 7.98. The van der Waals surface area contributed by atoms with Crippen molar-refractivity contribution in [2.75, 3.05) is 13.4 Å². The number of fused-ring (bicyclic) bond motifs is 1. The zero-order valence-electron chi connectivity index (χ0n) is 11.6. The molecule has 0 unspecified atom stereocenters.